The minimum atomic E-state index is 0.107. The normalized spacial score (nSPS) is 10.3. The molecule has 2 aromatic heterocycles. The molecule has 0 aromatic carbocycles. The Morgan fingerprint density at radius 2 is 2.11 bits per heavy atom. The van der Waals surface area contributed by atoms with E-state index in [2.05, 4.69) is 9.97 Å². The maximum absolute atomic E-state index is 9.16. The fraction of sp³-hybridized carbons (Fsp3) is 0.286. The highest BCUT2D eigenvalue weighted by Gasteiger charge is 2.08. The summed E-state index contributed by atoms with van der Waals surface area (Å²) in [5, 5.41) is 9.16. The molecule has 0 aliphatic heterocycles. The molecule has 94 valence electrons. The number of pyridine rings is 2. The molecule has 2 rings (SSSR count). The van der Waals surface area contributed by atoms with Crippen LogP contribution in [0.15, 0.2) is 42.7 Å². The van der Waals surface area contributed by atoms with Crippen LogP contribution in [0.5, 0.6) is 0 Å². The third-order valence-electron chi connectivity index (χ3n) is 2.66. The van der Waals surface area contributed by atoms with Gasteiger partial charge < -0.3 is 10.0 Å². The van der Waals surface area contributed by atoms with Crippen LogP contribution in [-0.4, -0.2) is 28.2 Å². The van der Waals surface area contributed by atoms with Gasteiger partial charge in [0, 0.05) is 31.2 Å². The van der Waals surface area contributed by atoms with E-state index < -0.39 is 0 Å². The third-order valence-corrected chi connectivity index (χ3v) is 2.66. The van der Waals surface area contributed by atoms with Gasteiger partial charge in [-0.1, -0.05) is 12.1 Å². The van der Waals surface area contributed by atoms with E-state index >= 15 is 0 Å². The van der Waals surface area contributed by atoms with Crippen molar-refractivity contribution in [1.82, 2.24) is 9.97 Å². The first-order valence-electron chi connectivity index (χ1n) is 5.98. The maximum Gasteiger partial charge on any atom is 0.129 e. The Labute approximate surface area is 107 Å². The van der Waals surface area contributed by atoms with E-state index in [-0.39, 0.29) is 6.61 Å². The molecular weight excluding hydrogens is 226 g/mol. The van der Waals surface area contributed by atoms with Crippen molar-refractivity contribution in [2.24, 2.45) is 0 Å². The average molecular weight is 243 g/mol. The summed E-state index contributed by atoms with van der Waals surface area (Å²) in [4.78, 5) is 10.6. The molecule has 0 amide bonds. The van der Waals surface area contributed by atoms with Crippen LogP contribution in [0.1, 0.15) is 11.3 Å². The number of hydrogen-bond acceptors (Lipinski definition) is 4. The van der Waals surface area contributed by atoms with Crippen LogP contribution in [0.3, 0.4) is 0 Å². The highest BCUT2D eigenvalue weighted by atomic mass is 16.3. The molecule has 1 N–H and O–H groups in total. The molecule has 0 radical (unpaired) electrons. The van der Waals surface area contributed by atoms with Crippen molar-refractivity contribution in [2.75, 3.05) is 18.1 Å². The number of rotatable bonds is 5. The van der Waals surface area contributed by atoms with E-state index in [0.717, 1.165) is 17.1 Å². The van der Waals surface area contributed by atoms with Crippen LogP contribution in [0.25, 0.3) is 0 Å². The van der Waals surface area contributed by atoms with Gasteiger partial charge in [-0.25, -0.2) is 4.98 Å². The Kier molecular flexibility index (Phi) is 4.25. The predicted molar refractivity (Wildman–Crippen MR) is 71.3 cm³/mol. The van der Waals surface area contributed by atoms with E-state index in [1.807, 2.05) is 48.4 Å². The Bertz CT molecular complexity index is 487. The molecule has 0 bridgehead atoms. The van der Waals surface area contributed by atoms with Gasteiger partial charge in [0.25, 0.3) is 0 Å². The predicted octanol–water partition coefficient (Wildman–Crippen LogP) is 1.78. The molecule has 2 aromatic rings. The van der Waals surface area contributed by atoms with Gasteiger partial charge >= 0.3 is 0 Å². The third kappa shape index (κ3) is 3.28. The van der Waals surface area contributed by atoms with Crippen molar-refractivity contribution < 1.29 is 5.11 Å². The summed E-state index contributed by atoms with van der Waals surface area (Å²) in [6.45, 7) is 3.33. The Balaban J connectivity index is 2.18. The monoisotopic (exact) mass is 243 g/mol. The zero-order valence-corrected chi connectivity index (χ0v) is 10.5. The number of aliphatic hydroxyl groups is 1. The van der Waals surface area contributed by atoms with Crippen LogP contribution in [-0.2, 0) is 6.54 Å². The minimum Gasteiger partial charge on any atom is -0.395 e. The largest absolute Gasteiger partial charge is 0.395 e. The van der Waals surface area contributed by atoms with Crippen molar-refractivity contribution in [1.29, 1.82) is 0 Å². The van der Waals surface area contributed by atoms with Gasteiger partial charge in [-0.3, -0.25) is 4.98 Å². The quantitative estimate of drug-likeness (QED) is 0.869. The van der Waals surface area contributed by atoms with Crippen molar-refractivity contribution in [2.45, 2.75) is 13.5 Å². The second-order valence-corrected chi connectivity index (χ2v) is 4.14. The molecule has 2 heterocycles. The van der Waals surface area contributed by atoms with Crippen molar-refractivity contribution in [3.05, 3.63) is 54.0 Å². The van der Waals surface area contributed by atoms with E-state index in [0.29, 0.717) is 13.1 Å². The number of anilines is 1. The van der Waals surface area contributed by atoms with Crippen LogP contribution in [0.2, 0.25) is 0 Å². The lowest BCUT2D eigenvalue weighted by Gasteiger charge is -2.23. The second-order valence-electron chi connectivity index (χ2n) is 4.14. The number of aromatic nitrogens is 2. The summed E-state index contributed by atoms with van der Waals surface area (Å²) in [5.74, 6) is 0.882. The fourth-order valence-corrected chi connectivity index (χ4v) is 1.81. The number of nitrogens with zero attached hydrogens (tertiary/aromatic N) is 3. The Hall–Kier alpha value is -1.94. The molecule has 0 saturated carbocycles. The van der Waals surface area contributed by atoms with E-state index in [1.165, 1.54) is 0 Å². The molecule has 0 fully saturated rings. The number of aryl methyl sites for hydroxylation is 1. The summed E-state index contributed by atoms with van der Waals surface area (Å²) >= 11 is 0. The first-order chi connectivity index (χ1) is 8.79. The van der Waals surface area contributed by atoms with Gasteiger partial charge in [0.2, 0.25) is 0 Å². The highest BCUT2D eigenvalue weighted by molar-refractivity contribution is 5.40. The molecule has 4 heteroatoms. The Morgan fingerprint density at radius 1 is 1.22 bits per heavy atom. The highest BCUT2D eigenvalue weighted by Crippen LogP contribution is 2.14. The topological polar surface area (TPSA) is 49.2 Å². The van der Waals surface area contributed by atoms with Crippen LogP contribution in [0, 0.1) is 6.92 Å². The summed E-state index contributed by atoms with van der Waals surface area (Å²) in [7, 11) is 0. The second kappa shape index (κ2) is 6.12. The number of aliphatic hydroxyl groups excluding tert-OH is 1. The smallest absolute Gasteiger partial charge is 0.129 e. The fourth-order valence-electron chi connectivity index (χ4n) is 1.81. The van der Waals surface area contributed by atoms with Gasteiger partial charge in [0.15, 0.2) is 0 Å². The zero-order chi connectivity index (χ0) is 12.8. The zero-order valence-electron chi connectivity index (χ0n) is 10.5. The van der Waals surface area contributed by atoms with Crippen LogP contribution in [0.4, 0.5) is 5.82 Å². The lowest BCUT2D eigenvalue weighted by molar-refractivity contribution is 0.301. The first kappa shape index (κ1) is 12.5. The molecular formula is C14H17N3O. The summed E-state index contributed by atoms with van der Waals surface area (Å²) in [5.41, 5.74) is 2.08. The van der Waals surface area contributed by atoms with E-state index in [9.17, 15) is 0 Å². The average Bonchev–Trinajstić information content (AvgIpc) is 2.39. The standard InChI is InChI=1S/C14H17N3O/c1-12-4-2-6-14(16-12)17(8-9-18)11-13-5-3-7-15-10-13/h2-7,10,18H,8-9,11H2,1H3. The van der Waals surface area contributed by atoms with Crippen molar-refractivity contribution in [3.8, 4) is 0 Å². The van der Waals surface area contributed by atoms with Gasteiger partial charge in [0.1, 0.15) is 5.82 Å². The minimum absolute atomic E-state index is 0.107. The summed E-state index contributed by atoms with van der Waals surface area (Å²) < 4.78 is 0. The van der Waals surface area contributed by atoms with Crippen molar-refractivity contribution >= 4 is 5.82 Å². The van der Waals surface area contributed by atoms with Crippen LogP contribution < -0.4 is 4.90 Å². The lowest BCUT2D eigenvalue weighted by atomic mass is 10.2. The van der Waals surface area contributed by atoms with Gasteiger partial charge in [-0.2, -0.15) is 0 Å². The van der Waals surface area contributed by atoms with E-state index in [1.54, 1.807) is 6.20 Å². The molecule has 0 aliphatic carbocycles. The van der Waals surface area contributed by atoms with E-state index in [4.69, 9.17) is 5.11 Å². The summed E-state index contributed by atoms with van der Waals surface area (Å²) in [6.07, 6.45) is 3.59. The van der Waals surface area contributed by atoms with Gasteiger partial charge in [-0.15, -0.1) is 0 Å². The van der Waals surface area contributed by atoms with Crippen molar-refractivity contribution in [3.63, 3.8) is 0 Å². The molecule has 0 saturated heterocycles. The first-order valence-corrected chi connectivity index (χ1v) is 5.98. The van der Waals surface area contributed by atoms with Gasteiger partial charge in [0.05, 0.1) is 6.61 Å². The van der Waals surface area contributed by atoms with Gasteiger partial charge in [-0.05, 0) is 30.7 Å². The summed E-state index contributed by atoms with van der Waals surface area (Å²) in [6, 6.07) is 9.83. The molecule has 0 unspecified atom stereocenters. The molecule has 18 heavy (non-hydrogen) atoms. The number of hydrogen-bond donors (Lipinski definition) is 1. The SMILES string of the molecule is Cc1cccc(N(CCO)Cc2cccnc2)n1. The lowest BCUT2D eigenvalue weighted by Crippen LogP contribution is -2.27. The van der Waals surface area contributed by atoms with Crippen LogP contribution >= 0.6 is 0 Å². The Morgan fingerprint density at radius 3 is 2.78 bits per heavy atom. The molecule has 0 atom stereocenters. The molecule has 4 nitrogen and oxygen atoms in total. The molecule has 0 spiro atoms. The maximum atomic E-state index is 9.16. The molecule has 0 aliphatic rings.